The summed E-state index contributed by atoms with van der Waals surface area (Å²) in [6.07, 6.45) is 1.53. The Labute approximate surface area is 145 Å². The molecule has 3 heterocycles. The molecule has 0 aliphatic carbocycles. The lowest BCUT2D eigenvalue weighted by Crippen LogP contribution is -2.45. The van der Waals surface area contributed by atoms with Gasteiger partial charge in [0.05, 0.1) is 10.9 Å². The quantitative estimate of drug-likeness (QED) is 0.840. The molecule has 0 saturated carbocycles. The van der Waals surface area contributed by atoms with Crippen molar-refractivity contribution in [2.24, 2.45) is 5.41 Å². The highest BCUT2D eigenvalue weighted by Crippen LogP contribution is 2.26. The van der Waals surface area contributed by atoms with E-state index in [9.17, 15) is 9.59 Å². The van der Waals surface area contributed by atoms with E-state index >= 15 is 0 Å². The molecule has 2 aromatic rings. The Bertz CT molecular complexity index is 766. The van der Waals surface area contributed by atoms with Crippen LogP contribution in [0.4, 0.5) is 0 Å². The van der Waals surface area contributed by atoms with Crippen molar-refractivity contribution in [3.63, 3.8) is 0 Å². The van der Waals surface area contributed by atoms with E-state index < -0.39 is 0 Å². The molecule has 1 aliphatic heterocycles. The fraction of sp³-hybridized carbons (Fsp3) is 0.500. The van der Waals surface area contributed by atoms with Gasteiger partial charge in [-0.3, -0.25) is 9.59 Å². The minimum atomic E-state index is -0.360. The van der Waals surface area contributed by atoms with Gasteiger partial charge in [-0.1, -0.05) is 26.8 Å². The van der Waals surface area contributed by atoms with Crippen molar-refractivity contribution in [2.45, 2.75) is 39.7 Å². The fourth-order valence-electron chi connectivity index (χ4n) is 3.03. The Balaban J connectivity index is 1.76. The maximum atomic E-state index is 12.4. The van der Waals surface area contributed by atoms with Gasteiger partial charge in [-0.25, -0.2) is 4.68 Å². The second-order valence-corrected chi connectivity index (χ2v) is 8.20. The third-order valence-corrected chi connectivity index (χ3v) is 5.23. The zero-order valence-electron chi connectivity index (χ0n) is 14.4. The van der Waals surface area contributed by atoms with E-state index in [1.165, 1.54) is 0 Å². The Morgan fingerprint density at radius 3 is 2.50 bits per heavy atom. The van der Waals surface area contributed by atoms with Gasteiger partial charge in [0, 0.05) is 24.6 Å². The monoisotopic (exact) mass is 345 g/mol. The van der Waals surface area contributed by atoms with Crippen LogP contribution in [0.3, 0.4) is 0 Å². The van der Waals surface area contributed by atoms with Crippen LogP contribution < -0.4 is 5.56 Å². The van der Waals surface area contributed by atoms with E-state index in [0.29, 0.717) is 13.1 Å². The van der Waals surface area contributed by atoms with Crippen LogP contribution in [0.25, 0.3) is 10.6 Å². The van der Waals surface area contributed by atoms with Crippen molar-refractivity contribution in [1.29, 1.82) is 0 Å². The number of carbonyl (C=O) groups is 1. The normalized spacial score (nSPS) is 16.4. The summed E-state index contributed by atoms with van der Waals surface area (Å²) in [5.74, 6) is 0.175. The van der Waals surface area contributed by atoms with Crippen LogP contribution in [0, 0.1) is 5.41 Å². The van der Waals surface area contributed by atoms with Gasteiger partial charge >= 0.3 is 0 Å². The molecule has 1 fully saturated rings. The fourth-order valence-corrected chi connectivity index (χ4v) is 3.72. The van der Waals surface area contributed by atoms with Crippen molar-refractivity contribution >= 4 is 17.2 Å². The Hall–Kier alpha value is -1.95. The molecule has 2 aromatic heterocycles. The zero-order valence-corrected chi connectivity index (χ0v) is 15.2. The number of aromatic nitrogens is 2. The predicted octanol–water partition coefficient (Wildman–Crippen LogP) is 3.18. The molecule has 24 heavy (non-hydrogen) atoms. The molecule has 0 unspecified atom stereocenters. The molecule has 0 aromatic carbocycles. The molecule has 3 rings (SSSR count). The summed E-state index contributed by atoms with van der Waals surface area (Å²) in [5.41, 5.74) is 0.398. The largest absolute Gasteiger partial charge is 0.342 e. The molecule has 0 bridgehead atoms. The number of piperidine rings is 1. The summed E-state index contributed by atoms with van der Waals surface area (Å²) in [6, 6.07) is 7.42. The van der Waals surface area contributed by atoms with Crippen LogP contribution in [0.1, 0.15) is 39.7 Å². The molecule has 6 heteroatoms. The summed E-state index contributed by atoms with van der Waals surface area (Å²) < 4.78 is 1.61. The van der Waals surface area contributed by atoms with E-state index in [2.05, 4.69) is 5.10 Å². The summed E-state index contributed by atoms with van der Waals surface area (Å²) in [6.45, 7) is 7.18. The topological polar surface area (TPSA) is 55.2 Å². The maximum absolute atomic E-state index is 12.4. The summed E-state index contributed by atoms with van der Waals surface area (Å²) in [5, 5.41) is 6.57. The van der Waals surface area contributed by atoms with Crippen LogP contribution in [0.5, 0.6) is 0 Å². The van der Waals surface area contributed by atoms with E-state index in [4.69, 9.17) is 0 Å². The molecule has 0 radical (unpaired) electrons. The lowest BCUT2D eigenvalue weighted by Gasteiger charge is -2.35. The van der Waals surface area contributed by atoms with Crippen molar-refractivity contribution in [3.8, 4) is 10.6 Å². The minimum absolute atomic E-state index is 0.0569. The van der Waals surface area contributed by atoms with Crippen LogP contribution in [-0.4, -0.2) is 33.7 Å². The van der Waals surface area contributed by atoms with Crippen LogP contribution in [-0.2, 0) is 4.79 Å². The Morgan fingerprint density at radius 2 is 1.92 bits per heavy atom. The predicted molar refractivity (Wildman–Crippen MR) is 96.1 cm³/mol. The molecule has 0 atom stereocenters. The van der Waals surface area contributed by atoms with Crippen LogP contribution >= 0.6 is 11.3 Å². The number of hydrogen-bond donors (Lipinski definition) is 0. The van der Waals surface area contributed by atoms with Gasteiger partial charge in [0.25, 0.3) is 5.56 Å². The molecule has 0 spiro atoms. The smallest absolute Gasteiger partial charge is 0.267 e. The first kappa shape index (κ1) is 16.9. The van der Waals surface area contributed by atoms with E-state index in [1.807, 2.05) is 43.2 Å². The van der Waals surface area contributed by atoms with E-state index in [-0.39, 0.29) is 22.9 Å². The summed E-state index contributed by atoms with van der Waals surface area (Å²) in [4.78, 5) is 27.6. The van der Waals surface area contributed by atoms with E-state index in [0.717, 1.165) is 23.4 Å². The van der Waals surface area contributed by atoms with Gasteiger partial charge in [0.1, 0.15) is 5.69 Å². The average molecular weight is 345 g/mol. The van der Waals surface area contributed by atoms with Gasteiger partial charge in [0.2, 0.25) is 5.91 Å². The van der Waals surface area contributed by atoms with E-state index in [1.54, 1.807) is 28.2 Å². The first-order valence-electron chi connectivity index (χ1n) is 8.29. The summed E-state index contributed by atoms with van der Waals surface area (Å²) >= 11 is 1.61. The molecule has 1 saturated heterocycles. The molecular weight excluding hydrogens is 322 g/mol. The van der Waals surface area contributed by atoms with Crippen molar-refractivity contribution in [1.82, 2.24) is 14.7 Å². The number of rotatable bonds is 2. The van der Waals surface area contributed by atoms with Gasteiger partial charge in [-0.15, -0.1) is 11.3 Å². The number of amides is 1. The lowest BCUT2D eigenvalue weighted by molar-refractivity contribution is -0.140. The van der Waals surface area contributed by atoms with Crippen molar-refractivity contribution in [2.75, 3.05) is 13.1 Å². The van der Waals surface area contributed by atoms with Gasteiger partial charge in [-0.05, 0) is 30.4 Å². The average Bonchev–Trinajstić information content (AvgIpc) is 3.08. The van der Waals surface area contributed by atoms with Crippen LogP contribution in [0.15, 0.2) is 34.4 Å². The molecule has 5 nitrogen and oxygen atoms in total. The highest BCUT2D eigenvalue weighted by atomic mass is 32.1. The minimum Gasteiger partial charge on any atom is -0.342 e. The SMILES string of the molecule is CC(C)(C)C(=O)N1CCC(n2nc(-c3cccs3)ccc2=O)CC1. The van der Waals surface area contributed by atoms with Crippen LogP contribution in [0.2, 0.25) is 0 Å². The molecular formula is C18H23N3O2S. The Morgan fingerprint density at radius 1 is 1.21 bits per heavy atom. The first-order chi connectivity index (χ1) is 11.4. The number of likely N-dealkylation sites (tertiary alicyclic amines) is 1. The zero-order chi connectivity index (χ0) is 17.3. The van der Waals surface area contributed by atoms with Crippen molar-refractivity contribution < 1.29 is 4.79 Å². The highest BCUT2D eigenvalue weighted by molar-refractivity contribution is 7.13. The lowest BCUT2D eigenvalue weighted by atomic mass is 9.93. The van der Waals surface area contributed by atoms with Gasteiger partial charge in [-0.2, -0.15) is 5.10 Å². The standard InChI is InChI=1S/C18H23N3O2S/c1-18(2,3)17(23)20-10-8-13(9-11-20)21-16(22)7-6-14(19-21)15-5-4-12-24-15/h4-7,12-13H,8-11H2,1-3H3. The third-order valence-electron chi connectivity index (χ3n) is 4.34. The molecule has 128 valence electrons. The second-order valence-electron chi connectivity index (χ2n) is 7.25. The summed E-state index contributed by atoms with van der Waals surface area (Å²) in [7, 11) is 0. The van der Waals surface area contributed by atoms with Gasteiger partial charge in [0.15, 0.2) is 0 Å². The molecule has 1 aliphatic rings. The highest BCUT2D eigenvalue weighted by Gasteiger charge is 2.31. The number of hydrogen-bond acceptors (Lipinski definition) is 4. The van der Waals surface area contributed by atoms with Gasteiger partial charge < -0.3 is 4.90 Å². The number of nitrogens with zero attached hydrogens (tertiary/aromatic N) is 3. The number of carbonyl (C=O) groups excluding carboxylic acids is 1. The second kappa shape index (κ2) is 6.51. The number of thiophene rings is 1. The maximum Gasteiger partial charge on any atom is 0.267 e. The van der Waals surface area contributed by atoms with Crippen molar-refractivity contribution in [3.05, 3.63) is 40.0 Å². The molecule has 1 amide bonds. The Kier molecular flexibility index (Phi) is 4.58. The molecule has 0 N–H and O–H groups in total. The third kappa shape index (κ3) is 3.43. The first-order valence-corrected chi connectivity index (χ1v) is 9.17.